The first-order valence-corrected chi connectivity index (χ1v) is 13.1. The van der Waals surface area contributed by atoms with E-state index in [0.29, 0.717) is 15.7 Å². The second kappa shape index (κ2) is 15.0. The van der Waals surface area contributed by atoms with E-state index in [9.17, 15) is 9.59 Å². The Hall–Kier alpha value is -2.28. The predicted octanol–water partition coefficient (Wildman–Crippen LogP) is 6.61. The van der Waals surface area contributed by atoms with Crippen molar-refractivity contribution >= 4 is 40.8 Å². The molecular weight excluding hydrogens is 483 g/mol. The van der Waals surface area contributed by atoms with Crippen molar-refractivity contribution in [2.45, 2.75) is 59.0 Å². The van der Waals surface area contributed by atoms with E-state index in [1.54, 1.807) is 23.1 Å². The van der Waals surface area contributed by atoms with Crippen LogP contribution in [-0.2, 0) is 4.79 Å². The third-order valence-electron chi connectivity index (χ3n) is 6.18. The Bertz CT molecular complexity index is 938. The van der Waals surface area contributed by atoms with Crippen LogP contribution in [0.2, 0.25) is 10.0 Å². The van der Waals surface area contributed by atoms with E-state index in [-0.39, 0.29) is 37.0 Å². The van der Waals surface area contributed by atoms with Gasteiger partial charge in [-0.1, -0.05) is 67.4 Å². The van der Waals surface area contributed by atoms with Crippen molar-refractivity contribution in [3.05, 3.63) is 64.1 Å². The predicted molar refractivity (Wildman–Crippen MR) is 146 cm³/mol. The molecule has 2 atom stereocenters. The largest absolute Gasteiger partial charge is 0.354 e. The van der Waals surface area contributed by atoms with E-state index in [0.717, 1.165) is 38.0 Å². The molecule has 0 radical (unpaired) electrons. The monoisotopic (exact) mass is 520 g/mol. The maximum atomic E-state index is 13.2. The lowest BCUT2D eigenvalue weighted by molar-refractivity contribution is -0.122. The minimum atomic E-state index is -0.328. The third-order valence-corrected chi connectivity index (χ3v) is 6.72. The molecule has 0 spiro atoms. The lowest BCUT2D eigenvalue weighted by Crippen LogP contribution is -2.41. The van der Waals surface area contributed by atoms with Gasteiger partial charge < -0.3 is 20.4 Å². The summed E-state index contributed by atoms with van der Waals surface area (Å²) in [5.74, 6) is -0.0667. The summed E-state index contributed by atoms with van der Waals surface area (Å²) in [4.78, 5) is 30.0. The molecule has 0 aromatic heterocycles. The molecule has 2 rings (SSSR count). The normalized spacial score (nSPS) is 12.8. The molecule has 0 aliphatic heterocycles. The van der Waals surface area contributed by atoms with Gasteiger partial charge in [0.15, 0.2) is 0 Å². The minimum absolute atomic E-state index is 0.0667. The first-order valence-electron chi connectivity index (χ1n) is 12.3. The fraction of sp³-hybridized carbons (Fsp3) is 0.481. The van der Waals surface area contributed by atoms with Gasteiger partial charge in [-0.2, -0.15) is 0 Å². The molecule has 0 aliphatic carbocycles. The van der Waals surface area contributed by atoms with Crippen LogP contribution in [0.3, 0.4) is 0 Å². The molecule has 192 valence electrons. The number of hydrogen-bond donors (Lipinski definition) is 2. The lowest BCUT2D eigenvalue weighted by Gasteiger charge is -2.30. The smallest absolute Gasteiger partial charge is 0.322 e. The zero-order chi connectivity index (χ0) is 25.8. The molecule has 8 heteroatoms. The van der Waals surface area contributed by atoms with Gasteiger partial charge in [0.05, 0.1) is 16.8 Å². The number of carbonyl (C=O) groups is 2. The van der Waals surface area contributed by atoms with Crippen LogP contribution in [0.15, 0.2) is 48.5 Å². The number of anilines is 1. The topological polar surface area (TPSA) is 64.7 Å². The van der Waals surface area contributed by atoms with E-state index in [2.05, 4.69) is 29.4 Å². The second-order valence-electron chi connectivity index (χ2n) is 8.72. The van der Waals surface area contributed by atoms with Crippen LogP contribution in [0.4, 0.5) is 10.5 Å². The molecule has 0 bridgehead atoms. The van der Waals surface area contributed by atoms with Gasteiger partial charge in [0.1, 0.15) is 0 Å². The van der Waals surface area contributed by atoms with Crippen molar-refractivity contribution in [3.63, 3.8) is 0 Å². The highest BCUT2D eigenvalue weighted by Gasteiger charge is 2.23. The molecule has 0 saturated heterocycles. The Labute approximate surface area is 220 Å². The van der Waals surface area contributed by atoms with E-state index < -0.39 is 0 Å². The quantitative estimate of drug-likeness (QED) is 0.312. The van der Waals surface area contributed by atoms with Gasteiger partial charge >= 0.3 is 6.03 Å². The summed E-state index contributed by atoms with van der Waals surface area (Å²) in [5, 5.41) is 6.79. The fourth-order valence-corrected chi connectivity index (χ4v) is 4.42. The van der Waals surface area contributed by atoms with Gasteiger partial charge in [-0.15, -0.1) is 0 Å². The maximum absolute atomic E-state index is 13.2. The second-order valence-corrected chi connectivity index (χ2v) is 9.57. The Balaban J connectivity index is 2.00. The summed E-state index contributed by atoms with van der Waals surface area (Å²) >= 11 is 12.2. The van der Waals surface area contributed by atoms with Crippen LogP contribution in [0.25, 0.3) is 0 Å². The van der Waals surface area contributed by atoms with E-state index in [1.165, 1.54) is 0 Å². The van der Waals surface area contributed by atoms with Gasteiger partial charge in [-0.3, -0.25) is 4.79 Å². The SMILES string of the molecule is CCN(CC)CCCC(C)NC(=O)CCN(C(=O)Nc1ccc(Cl)cc1Cl)C(C)c1ccccc1. The van der Waals surface area contributed by atoms with Gasteiger partial charge in [0.2, 0.25) is 5.91 Å². The lowest BCUT2D eigenvalue weighted by atomic mass is 10.1. The molecule has 0 heterocycles. The summed E-state index contributed by atoms with van der Waals surface area (Å²) in [6.45, 7) is 11.7. The number of urea groups is 1. The molecule has 2 aromatic rings. The molecule has 6 nitrogen and oxygen atoms in total. The van der Waals surface area contributed by atoms with Crippen molar-refractivity contribution in [2.75, 3.05) is 31.5 Å². The Morgan fingerprint density at radius 3 is 2.29 bits per heavy atom. The number of nitrogens with zero attached hydrogens (tertiary/aromatic N) is 2. The first-order chi connectivity index (χ1) is 16.7. The number of nitrogens with one attached hydrogen (secondary N) is 2. The number of hydrogen-bond acceptors (Lipinski definition) is 3. The molecule has 3 amide bonds. The van der Waals surface area contributed by atoms with Crippen molar-refractivity contribution < 1.29 is 9.59 Å². The van der Waals surface area contributed by atoms with E-state index >= 15 is 0 Å². The van der Waals surface area contributed by atoms with Gasteiger partial charge in [0, 0.05) is 24.0 Å². The summed E-state index contributed by atoms with van der Waals surface area (Å²) in [6, 6.07) is 14.2. The van der Waals surface area contributed by atoms with Crippen molar-refractivity contribution in [2.24, 2.45) is 0 Å². The molecule has 0 fully saturated rings. The number of carbonyl (C=O) groups excluding carboxylic acids is 2. The van der Waals surface area contributed by atoms with Gasteiger partial charge in [-0.25, -0.2) is 4.79 Å². The van der Waals surface area contributed by atoms with Crippen LogP contribution in [0, 0.1) is 0 Å². The summed E-state index contributed by atoms with van der Waals surface area (Å²) in [5.41, 5.74) is 1.45. The molecular formula is C27H38Cl2N4O2. The maximum Gasteiger partial charge on any atom is 0.322 e. The Morgan fingerprint density at radius 2 is 1.66 bits per heavy atom. The number of rotatable bonds is 13. The van der Waals surface area contributed by atoms with Gasteiger partial charge in [-0.05, 0) is 70.1 Å². The summed E-state index contributed by atoms with van der Waals surface area (Å²) in [7, 11) is 0. The summed E-state index contributed by atoms with van der Waals surface area (Å²) < 4.78 is 0. The fourth-order valence-electron chi connectivity index (χ4n) is 3.96. The van der Waals surface area contributed by atoms with Gasteiger partial charge in [0.25, 0.3) is 0 Å². The highest BCUT2D eigenvalue weighted by Crippen LogP contribution is 2.27. The van der Waals surface area contributed by atoms with Crippen LogP contribution in [0.5, 0.6) is 0 Å². The molecule has 2 aromatic carbocycles. The zero-order valence-electron chi connectivity index (χ0n) is 21.2. The number of amides is 3. The zero-order valence-corrected chi connectivity index (χ0v) is 22.7. The molecule has 2 unspecified atom stereocenters. The highest BCUT2D eigenvalue weighted by atomic mass is 35.5. The average molecular weight is 522 g/mol. The van der Waals surface area contributed by atoms with Crippen LogP contribution < -0.4 is 10.6 Å². The number of benzene rings is 2. The minimum Gasteiger partial charge on any atom is -0.354 e. The average Bonchev–Trinajstić information content (AvgIpc) is 2.84. The highest BCUT2D eigenvalue weighted by molar-refractivity contribution is 6.36. The third kappa shape index (κ3) is 9.71. The standard InChI is InChI=1S/C27H38Cl2N4O2/c1-5-32(6-2)17-10-11-20(3)30-26(34)16-18-33(21(4)22-12-8-7-9-13-22)27(35)31-25-15-14-23(28)19-24(25)29/h7-9,12-15,19-21H,5-6,10-11,16-18H2,1-4H3,(H,30,34)(H,31,35). The van der Waals surface area contributed by atoms with Crippen molar-refractivity contribution in [1.29, 1.82) is 0 Å². The van der Waals surface area contributed by atoms with E-state index in [1.807, 2.05) is 44.2 Å². The molecule has 0 aliphatic rings. The molecule has 2 N–H and O–H groups in total. The van der Waals surface area contributed by atoms with Crippen LogP contribution in [-0.4, -0.2) is 54.0 Å². The number of halogens is 2. The molecule has 0 saturated carbocycles. The van der Waals surface area contributed by atoms with Crippen LogP contribution in [0.1, 0.15) is 58.6 Å². The van der Waals surface area contributed by atoms with Crippen molar-refractivity contribution in [3.8, 4) is 0 Å². The Kier molecular flexibility index (Phi) is 12.4. The first kappa shape index (κ1) is 29.0. The van der Waals surface area contributed by atoms with Crippen LogP contribution >= 0.6 is 23.2 Å². The summed E-state index contributed by atoms with van der Waals surface area (Å²) in [6.07, 6.45) is 2.16. The Morgan fingerprint density at radius 1 is 0.971 bits per heavy atom. The van der Waals surface area contributed by atoms with E-state index in [4.69, 9.17) is 23.2 Å². The van der Waals surface area contributed by atoms with Crippen molar-refractivity contribution in [1.82, 2.24) is 15.1 Å². The molecule has 35 heavy (non-hydrogen) atoms.